The number of phenols is 1. The average Bonchev–Trinajstić information content (AvgIpc) is 2.76. The first-order chi connectivity index (χ1) is 16.4. The van der Waals surface area contributed by atoms with Crippen molar-refractivity contribution in [3.05, 3.63) is 76.1 Å². The van der Waals surface area contributed by atoms with Crippen LogP contribution in [0, 0.1) is 10.8 Å². The zero-order valence-corrected chi connectivity index (χ0v) is 20.2. The van der Waals surface area contributed by atoms with Gasteiger partial charge in [0.15, 0.2) is 17.2 Å². The number of benzene rings is 2. The van der Waals surface area contributed by atoms with Crippen molar-refractivity contribution in [1.82, 2.24) is 0 Å². The van der Waals surface area contributed by atoms with Gasteiger partial charge in [0.05, 0.1) is 11.1 Å². The van der Waals surface area contributed by atoms with Crippen LogP contribution >= 0.6 is 0 Å². The van der Waals surface area contributed by atoms with Crippen LogP contribution in [0.25, 0.3) is 11.1 Å². The maximum atomic E-state index is 13.9. The number of hydrogen-bond acceptors (Lipinski definition) is 6. The molecule has 6 heteroatoms. The molecule has 0 unspecified atom stereocenters. The third kappa shape index (κ3) is 2.89. The van der Waals surface area contributed by atoms with E-state index in [-0.39, 0.29) is 35.3 Å². The minimum Gasteiger partial charge on any atom is -0.508 e. The summed E-state index contributed by atoms with van der Waals surface area (Å²) in [5, 5.41) is 34.0. The summed E-state index contributed by atoms with van der Waals surface area (Å²) in [5.41, 5.74) is -1.60. The lowest BCUT2D eigenvalue weighted by Gasteiger charge is -2.56. The number of phenolic OH excluding ortho intramolecular Hbond substituents is 1. The van der Waals surface area contributed by atoms with Crippen molar-refractivity contribution in [2.45, 2.75) is 52.6 Å². The maximum Gasteiger partial charge on any atom is 0.206 e. The van der Waals surface area contributed by atoms with Gasteiger partial charge in [0.2, 0.25) is 5.78 Å². The molecule has 5 rings (SSSR count). The fourth-order valence-corrected chi connectivity index (χ4v) is 6.92. The van der Waals surface area contributed by atoms with Crippen LogP contribution in [0.3, 0.4) is 0 Å². The number of aliphatic hydroxyl groups excluding tert-OH is 1. The Morgan fingerprint density at radius 1 is 0.971 bits per heavy atom. The molecule has 180 valence electrons. The summed E-state index contributed by atoms with van der Waals surface area (Å²) < 4.78 is 0. The molecule has 0 bridgehead atoms. The highest BCUT2D eigenvalue weighted by atomic mass is 16.3. The first kappa shape index (κ1) is 23.2. The predicted molar refractivity (Wildman–Crippen MR) is 130 cm³/mol. The zero-order valence-electron chi connectivity index (χ0n) is 20.2. The lowest BCUT2D eigenvalue weighted by molar-refractivity contribution is -0.157. The molecule has 0 aliphatic heterocycles. The molecule has 2 aromatic rings. The summed E-state index contributed by atoms with van der Waals surface area (Å²) in [6.45, 7) is 6.53. The van der Waals surface area contributed by atoms with Gasteiger partial charge in [0.1, 0.15) is 11.5 Å². The maximum absolute atomic E-state index is 13.9. The highest BCUT2D eigenvalue weighted by Crippen LogP contribution is 2.62. The molecule has 3 atom stereocenters. The highest BCUT2D eigenvalue weighted by Gasteiger charge is 2.67. The Balaban J connectivity index is 1.78. The standard InChI is InChI=1S/C29H28O6/c1-15-12-28(4)14-27(3)13-19-18(17-8-6-5-7-9-17)10-11-20(31)22(19)24(32)23(27)26(34)29(28,35)25(33)21(15)16(2)30/h5-11,31,34-35H,12-14H2,1-4H3/t27-,28+,29+/m1/s1. The summed E-state index contributed by atoms with van der Waals surface area (Å²) >= 11 is 0. The van der Waals surface area contributed by atoms with E-state index in [1.807, 2.05) is 37.3 Å². The molecule has 2 aromatic carbocycles. The minimum atomic E-state index is -2.40. The SMILES string of the molecule is CC(=O)C1=C(C)C[C@@]2(C)C[C@@]3(C)Cc4c(-c5ccccc5)ccc(O)c4C(=O)C3=C(O)[C@@]2(O)C1=O. The van der Waals surface area contributed by atoms with Crippen LogP contribution in [0.2, 0.25) is 0 Å². The van der Waals surface area contributed by atoms with Crippen LogP contribution in [-0.4, -0.2) is 38.3 Å². The van der Waals surface area contributed by atoms with Crippen LogP contribution in [0.5, 0.6) is 5.75 Å². The van der Waals surface area contributed by atoms with E-state index in [0.717, 1.165) is 11.1 Å². The number of carbonyl (C=O) groups excluding carboxylic acids is 3. The molecule has 0 spiro atoms. The fraction of sp³-hybridized carbons (Fsp3) is 0.345. The second-order valence-electron chi connectivity index (χ2n) is 10.8. The molecule has 0 heterocycles. The van der Waals surface area contributed by atoms with Crippen molar-refractivity contribution in [2.24, 2.45) is 10.8 Å². The second-order valence-corrected chi connectivity index (χ2v) is 10.8. The van der Waals surface area contributed by atoms with Crippen LogP contribution in [-0.2, 0) is 16.0 Å². The number of aliphatic hydroxyl groups is 2. The van der Waals surface area contributed by atoms with Gasteiger partial charge in [0.25, 0.3) is 0 Å². The van der Waals surface area contributed by atoms with Crippen molar-refractivity contribution in [3.8, 4) is 16.9 Å². The van der Waals surface area contributed by atoms with Crippen molar-refractivity contribution >= 4 is 17.3 Å². The largest absolute Gasteiger partial charge is 0.508 e. The number of ketones is 3. The van der Waals surface area contributed by atoms with Gasteiger partial charge in [-0.15, -0.1) is 0 Å². The van der Waals surface area contributed by atoms with Crippen LogP contribution in [0.15, 0.2) is 64.9 Å². The lowest BCUT2D eigenvalue weighted by Crippen LogP contribution is -2.63. The number of aromatic hydroxyl groups is 1. The Kier molecular flexibility index (Phi) is 4.81. The van der Waals surface area contributed by atoms with Crippen molar-refractivity contribution in [1.29, 1.82) is 0 Å². The number of hydrogen-bond donors (Lipinski definition) is 3. The van der Waals surface area contributed by atoms with Gasteiger partial charge < -0.3 is 15.3 Å². The number of fused-ring (bicyclic) bond motifs is 3. The molecular weight excluding hydrogens is 444 g/mol. The molecule has 0 saturated carbocycles. The number of allylic oxidation sites excluding steroid dienone is 2. The smallest absolute Gasteiger partial charge is 0.206 e. The van der Waals surface area contributed by atoms with E-state index in [2.05, 4.69) is 0 Å². The number of Topliss-reactive ketones (excluding diaryl/α,β-unsaturated/α-hetero) is 3. The molecule has 35 heavy (non-hydrogen) atoms. The third-order valence-corrected chi connectivity index (χ3v) is 8.22. The van der Waals surface area contributed by atoms with E-state index in [0.29, 0.717) is 17.6 Å². The molecule has 0 fully saturated rings. The molecule has 0 saturated heterocycles. The third-order valence-electron chi connectivity index (χ3n) is 8.22. The Morgan fingerprint density at radius 2 is 1.63 bits per heavy atom. The van der Waals surface area contributed by atoms with Gasteiger partial charge in [-0.3, -0.25) is 14.4 Å². The fourth-order valence-electron chi connectivity index (χ4n) is 6.92. The summed E-state index contributed by atoms with van der Waals surface area (Å²) in [7, 11) is 0. The minimum absolute atomic E-state index is 0.0682. The summed E-state index contributed by atoms with van der Waals surface area (Å²) in [6, 6.07) is 12.8. The molecule has 3 aliphatic rings. The van der Waals surface area contributed by atoms with Crippen LogP contribution in [0.4, 0.5) is 0 Å². The first-order valence-corrected chi connectivity index (χ1v) is 11.7. The molecule has 3 N–H and O–H groups in total. The predicted octanol–water partition coefficient (Wildman–Crippen LogP) is 4.64. The molecule has 6 nitrogen and oxygen atoms in total. The molecule has 0 aromatic heterocycles. The first-order valence-electron chi connectivity index (χ1n) is 11.7. The van der Waals surface area contributed by atoms with Crippen molar-refractivity contribution in [2.75, 3.05) is 0 Å². The highest BCUT2D eigenvalue weighted by molar-refractivity contribution is 6.25. The van der Waals surface area contributed by atoms with Gasteiger partial charge >= 0.3 is 0 Å². The zero-order chi connectivity index (χ0) is 25.5. The van der Waals surface area contributed by atoms with Gasteiger partial charge in [-0.1, -0.05) is 55.8 Å². The summed E-state index contributed by atoms with van der Waals surface area (Å²) in [6.07, 6.45) is 0.789. The van der Waals surface area contributed by atoms with Gasteiger partial charge in [-0.05, 0) is 55.9 Å². The van der Waals surface area contributed by atoms with Crippen LogP contribution < -0.4 is 0 Å². The van der Waals surface area contributed by atoms with Crippen molar-refractivity contribution in [3.63, 3.8) is 0 Å². The average molecular weight is 473 g/mol. The van der Waals surface area contributed by atoms with Crippen LogP contribution in [0.1, 0.15) is 56.5 Å². The van der Waals surface area contributed by atoms with Crippen molar-refractivity contribution < 1.29 is 29.7 Å². The van der Waals surface area contributed by atoms with Gasteiger partial charge in [-0.2, -0.15) is 0 Å². The van der Waals surface area contributed by atoms with E-state index in [4.69, 9.17) is 0 Å². The molecule has 0 radical (unpaired) electrons. The van der Waals surface area contributed by atoms with E-state index in [1.165, 1.54) is 13.0 Å². The number of rotatable bonds is 2. The summed E-state index contributed by atoms with van der Waals surface area (Å²) in [4.78, 5) is 39.7. The second kappa shape index (κ2) is 7.25. The summed E-state index contributed by atoms with van der Waals surface area (Å²) in [5.74, 6) is -2.89. The Morgan fingerprint density at radius 3 is 2.26 bits per heavy atom. The number of carbonyl (C=O) groups is 3. The van der Waals surface area contributed by atoms with Gasteiger partial charge in [0, 0.05) is 16.4 Å². The molecule has 0 amide bonds. The Hall–Kier alpha value is -3.51. The van der Waals surface area contributed by atoms with E-state index >= 15 is 0 Å². The van der Waals surface area contributed by atoms with Gasteiger partial charge in [-0.25, -0.2) is 0 Å². The topological polar surface area (TPSA) is 112 Å². The Bertz CT molecular complexity index is 1400. The van der Waals surface area contributed by atoms with E-state index in [9.17, 15) is 29.7 Å². The Labute approximate surface area is 203 Å². The molecule has 3 aliphatic carbocycles. The normalized spacial score (nSPS) is 30.1. The quantitative estimate of drug-likeness (QED) is 0.549. The monoisotopic (exact) mass is 472 g/mol. The van der Waals surface area contributed by atoms with E-state index in [1.54, 1.807) is 19.9 Å². The lowest BCUT2D eigenvalue weighted by atomic mass is 9.48. The van der Waals surface area contributed by atoms with E-state index < -0.39 is 39.5 Å². The molecular formula is C29H28O6.